The highest BCUT2D eigenvalue weighted by atomic mass is 32.2. The number of hydrogen-bond acceptors (Lipinski definition) is 2. The van der Waals surface area contributed by atoms with Crippen molar-refractivity contribution in [1.29, 1.82) is 0 Å². The van der Waals surface area contributed by atoms with Crippen LogP contribution in [0.15, 0.2) is 24.3 Å². The summed E-state index contributed by atoms with van der Waals surface area (Å²) >= 11 is 6.74. The zero-order valence-corrected chi connectivity index (χ0v) is 12.5. The van der Waals surface area contributed by atoms with Gasteiger partial charge in [-0.3, -0.25) is 0 Å². The van der Waals surface area contributed by atoms with Crippen LogP contribution in [0, 0.1) is 0 Å². The first-order valence-electron chi connectivity index (χ1n) is 5.96. The molecule has 6 heteroatoms. The molecule has 1 nitrogen and oxygen atoms in total. The largest absolute Gasteiger partial charge is 0.416 e. The Morgan fingerprint density at radius 1 is 1.16 bits per heavy atom. The predicted octanol–water partition coefficient (Wildman–Crippen LogP) is 4.57. The first kappa shape index (κ1) is 16.3. The molecule has 0 saturated heterocycles. The Balaban J connectivity index is 2.57. The molecule has 0 bridgehead atoms. The highest BCUT2D eigenvalue weighted by Crippen LogP contribution is 2.29. The van der Waals surface area contributed by atoms with Crippen LogP contribution in [0.5, 0.6) is 0 Å². The molecule has 0 aliphatic carbocycles. The van der Waals surface area contributed by atoms with Gasteiger partial charge >= 0.3 is 6.18 Å². The molecule has 0 fully saturated rings. The molecule has 0 heterocycles. The van der Waals surface area contributed by atoms with Gasteiger partial charge in [0.15, 0.2) is 0 Å². The summed E-state index contributed by atoms with van der Waals surface area (Å²) in [5.74, 6) is 0.591. The van der Waals surface area contributed by atoms with Gasteiger partial charge in [0.05, 0.1) is 5.56 Å². The van der Waals surface area contributed by atoms with Crippen LogP contribution < -0.4 is 0 Å². The minimum Gasteiger partial charge on any atom is -0.358 e. The summed E-state index contributed by atoms with van der Waals surface area (Å²) in [6.07, 6.45) is -4.28. The summed E-state index contributed by atoms with van der Waals surface area (Å²) in [4.78, 5) is 2.05. The minimum atomic E-state index is -4.28. The van der Waals surface area contributed by atoms with E-state index in [9.17, 15) is 13.2 Å². The van der Waals surface area contributed by atoms with Crippen LogP contribution in [-0.2, 0) is 11.9 Å². The average Bonchev–Trinajstić information content (AvgIpc) is 2.37. The van der Waals surface area contributed by atoms with Crippen molar-refractivity contribution in [2.24, 2.45) is 0 Å². The van der Waals surface area contributed by atoms with Gasteiger partial charge in [-0.15, -0.1) is 0 Å². The highest BCUT2D eigenvalue weighted by Gasteiger charge is 2.29. The molecule has 1 aromatic rings. The van der Waals surface area contributed by atoms with Crippen LogP contribution in [-0.4, -0.2) is 22.3 Å². The van der Waals surface area contributed by atoms with Crippen molar-refractivity contribution in [1.82, 2.24) is 4.90 Å². The number of benzene rings is 1. The molecular formula is C13H16F3NS2. The summed E-state index contributed by atoms with van der Waals surface area (Å²) in [5.41, 5.74) is 0.222. The summed E-state index contributed by atoms with van der Waals surface area (Å²) in [5, 5.41) is 0. The monoisotopic (exact) mass is 307 g/mol. The number of alkyl halides is 3. The van der Waals surface area contributed by atoms with Gasteiger partial charge in [0, 0.05) is 18.8 Å². The molecule has 0 amide bonds. The standard InChI is InChI=1S/C13H16F3NS2/c1-3-17(4-2)12(18)19-9-10-5-7-11(8-6-10)13(14,15)16/h5-8H,3-4,9H2,1-2H3. The van der Waals surface area contributed by atoms with E-state index >= 15 is 0 Å². The van der Waals surface area contributed by atoms with E-state index in [0.29, 0.717) is 5.75 Å². The first-order valence-corrected chi connectivity index (χ1v) is 7.35. The van der Waals surface area contributed by atoms with Crippen LogP contribution in [0.3, 0.4) is 0 Å². The fraction of sp³-hybridized carbons (Fsp3) is 0.462. The van der Waals surface area contributed by atoms with Gasteiger partial charge in [0.2, 0.25) is 0 Å². The second-order valence-electron chi connectivity index (χ2n) is 3.92. The smallest absolute Gasteiger partial charge is 0.358 e. The lowest BCUT2D eigenvalue weighted by Gasteiger charge is -2.20. The van der Waals surface area contributed by atoms with Crippen LogP contribution in [0.2, 0.25) is 0 Å². The fourth-order valence-corrected chi connectivity index (χ4v) is 2.87. The Labute approximate surface area is 121 Å². The molecular weight excluding hydrogens is 291 g/mol. The molecule has 1 rings (SSSR count). The Hall–Kier alpha value is -0.750. The normalized spacial score (nSPS) is 11.4. The Bertz CT molecular complexity index is 411. The predicted molar refractivity (Wildman–Crippen MR) is 78.3 cm³/mol. The van der Waals surface area contributed by atoms with E-state index in [2.05, 4.69) is 0 Å². The number of nitrogens with zero attached hydrogens (tertiary/aromatic N) is 1. The van der Waals surface area contributed by atoms with Crippen molar-refractivity contribution < 1.29 is 13.2 Å². The molecule has 0 aromatic heterocycles. The zero-order valence-electron chi connectivity index (χ0n) is 10.8. The quantitative estimate of drug-likeness (QED) is 0.750. The van der Waals surface area contributed by atoms with Crippen molar-refractivity contribution in [2.45, 2.75) is 25.8 Å². The maximum absolute atomic E-state index is 12.4. The maximum atomic E-state index is 12.4. The van der Waals surface area contributed by atoms with E-state index in [1.807, 2.05) is 18.7 Å². The third-order valence-corrected chi connectivity index (χ3v) is 4.26. The SMILES string of the molecule is CCN(CC)C(=S)SCc1ccc(C(F)(F)F)cc1. The molecule has 0 spiro atoms. The molecule has 0 radical (unpaired) electrons. The van der Waals surface area contributed by atoms with Gasteiger partial charge in [-0.05, 0) is 31.5 Å². The number of halogens is 3. The average molecular weight is 307 g/mol. The zero-order chi connectivity index (χ0) is 14.5. The molecule has 19 heavy (non-hydrogen) atoms. The van der Waals surface area contributed by atoms with Crippen LogP contribution in [0.25, 0.3) is 0 Å². The lowest BCUT2D eigenvalue weighted by Crippen LogP contribution is -2.26. The van der Waals surface area contributed by atoms with Crippen molar-refractivity contribution in [2.75, 3.05) is 13.1 Å². The van der Waals surface area contributed by atoms with Crippen LogP contribution >= 0.6 is 24.0 Å². The summed E-state index contributed by atoms with van der Waals surface area (Å²) in [6, 6.07) is 5.22. The Morgan fingerprint density at radius 3 is 2.11 bits per heavy atom. The molecule has 0 aliphatic heterocycles. The third-order valence-electron chi connectivity index (χ3n) is 2.67. The fourth-order valence-electron chi connectivity index (χ4n) is 1.51. The van der Waals surface area contributed by atoms with E-state index in [-0.39, 0.29) is 0 Å². The number of rotatable bonds is 4. The first-order chi connectivity index (χ1) is 8.88. The van der Waals surface area contributed by atoms with Crippen molar-refractivity contribution in [3.05, 3.63) is 35.4 Å². The topological polar surface area (TPSA) is 3.24 Å². The van der Waals surface area contributed by atoms with Gasteiger partial charge in [0.25, 0.3) is 0 Å². The summed E-state index contributed by atoms with van der Waals surface area (Å²) in [7, 11) is 0. The summed E-state index contributed by atoms with van der Waals surface area (Å²) < 4.78 is 38.0. The van der Waals surface area contributed by atoms with Gasteiger partial charge in [-0.25, -0.2) is 0 Å². The lowest BCUT2D eigenvalue weighted by molar-refractivity contribution is -0.137. The lowest BCUT2D eigenvalue weighted by atomic mass is 10.1. The molecule has 0 aliphatic rings. The molecule has 106 valence electrons. The number of hydrogen-bond donors (Lipinski definition) is 0. The second kappa shape index (κ2) is 7.14. The van der Waals surface area contributed by atoms with Gasteiger partial charge in [-0.1, -0.05) is 36.1 Å². The van der Waals surface area contributed by atoms with E-state index in [1.165, 1.54) is 23.9 Å². The van der Waals surface area contributed by atoms with Gasteiger partial charge in [0.1, 0.15) is 4.32 Å². The Morgan fingerprint density at radius 2 is 1.68 bits per heavy atom. The molecule has 1 aromatic carbocycles. The molecule has 0 N–H and O–H groups in total. The van der Waals surface area contributed by atoms with Crippen LogP contribution in [0.4, 0.5) is 13.2 Å². The maximum Gasteiger partial charge on any atom is 0.416 e. The van der Waals surface area contributed by atoms with Gasteiger partial charge in [-0.2, -0.15) is 13.2 Å². The van der Waals surface area contributed by atoms with Crippen molar-refractivity contribution in [3.63, 3.8) is 0 Å². The van der Waals surface area contributed by atoms with Crippen molar-refractivity contribution in [3.8, 4) is 0 Å². The third kappa shape index (κ3) is 5.03. The molecule has 0 saturated carbocycles. The Kier molecular flexibility index (Phi) is 6.13. The number of thioether (sulfide) groups is 1. The van der Waals surface area contributed by atoms with E-state index in [1.54, 1.807) is 0 Å². The van der Waals surface area contributed by atoms with E-state index < -0.39 is 11.7 Å². The highest BCUT2D eigenvalue weighted by molar-refractivity contribution is 8.22. The minimum absolute atomic E-state index is 0.591. The number of thiocarbonyl (C=S) groups is 1. The molecule has 0 atom stereocenters. The van der Waals surface area contributed by atoms with Crippen molar-refractivity contribution >= 4 is 28.3 Å². The molecule has 0 unspecified atom stereocenters. The second-order valence-corrected chi connectivity index (χ2v) is 5.53. The van der Waals surface area contributed by atoms with E-state index in [4.69, 9.17) is 12.2 Å². The van der Waals surface area contributed by atoms with Crippen LogP contribution in [0.1, 0.15) is 25.0 Å². The van der Waals surface area contributed by atoms with Gasteiger partial charge < -0.3 is 4.90 Å². The van der Waals surface area contributed by atoms with E-state index in [0.717, 1.165) is 35.1 Å². The summed E-state index contributed by atoms with van der Waals surface area (Å²) in [6.45, 7) is 5.73.